The van der Waals surface area contributed by atoms with Crippen molar-refractivity contribution in [1.82, 2.24) is 0 Å². The minimum absolute atomic E-state index is 0.820. The van der Waals surface area contributed by atoms with Crippen LogP contribution in [0.4, 0.5) is 0 Å². The van der Waals surface area contributed by atoms with Gasteiger partial charge >= 0.3 is 0 Å². The fourth-order valence-corrected chi connectivity index (χ4v) is 4.38. The van der Waals surface area contributed by atoms with Gasteiger partial charge in [0.25, 0.3) is 0 Å². The van der Waals surface area contributed by atoms with E-state index in [9.17, 15) is 0 Å². The second-order valence-corrected chi connectivity index (χ2v) is 9.30. The normalized spacial score (nSPS) is 11.1. The molecule has 3 heteroatoms. The second-order valence-electron chi connectivity index (χ2n) is 8.43. The Morgan fingerprint density at radius 1 is 0.552 bits per heavy atom. The summed E-state index contributed by atoms with van der Waals surface area (Å²) in [4.78, 5) is 0. The van der Waals surface area contributed by atoms with Crippen LogP contribution in [0.3, 0.4) is 0 Å². The van der Waals surface area contributed by atoms with Crippen LogP contribution in [0.15, 0.2) is 11.4 Å². The molecule has 0 aliphatic heterocycles. The van der Waals surface area contributed by atoms with Crippen LogP contribution in [0, 0.1) is 0 Å². The Kier molecular flexibility index (Phi) is 18.7. The fourth-order valence-electron chi connectivity index (χ4n) is 3.67. The third-order valence-corrected chi connectivity index (χ3v) is 6.39. The fraction of sp³-hybridized carbons (Fsp3) is 0.846. The molecule has 29 heavy (non-hydrogen) atoms. The molecule has 1 aromatic heterocycles. The third kappa shape index (κ3) is 15.8. The van der Waals surface area contributed by atoms with Crippen molar-refractivity contribution in [2.24, 2.45) is 0 Å². The Bertz CT molecular complexity index is 405. The summed E-state index contributed by atoms with van der Waals surface area (Å²) in [5.74, 6) is 0.950. The summed E-state index contributed by atoms with van der Waals surface area (Å²) < 4.78 is 11.9. The largest absolute Gasteiger partial charge is 0.489 e. The maximum atomic E-state index is 5.97. The van der Waals surface area contributed by atoms with Crippen LogP contribution in [-0.2, 0) is 0 Å². The van der Waals surface area contributed by atoms with Gasteiger partial charge in [-0.25, -0.2) is 0 Å². The maximum Gasteiger partial charge on any atom is 0.216 e. The number of rotatable bonds is 22. The SMILES string of the molecule is CCCCCCCCCCCOc1ccsc1OCCCCCCCCCCC. The zero-order valence-electron chi connectivity index (χ0n) is 19.5. The summed E-state index contributed by atoms with van der Waals surface area (Å²) in [6.07, 6.45) is 24.3. The van der Waals surface area contributed by atoms with E-state index in [-0.39, 0.29) is 0 Å². The van der Waals surface area contributed by atoms with E-state index in [0.717, 1.165) is 36.9 Å². The summed E-state index contributed by atoms with van der Waals surface area (Å²) in [6, 6.07) is 2.06. The molecule has 0 fully saturated rings. The van der Waals surface area contributed by atoms with Crippen LogP contribution < -0.4 is 9.47 Å². The number of ether oxygens (including phenoxy) is 2. The van der Waals surface area contributed by atoms with Gasteiger partial charge < -0.3 is 9.47 Å². The molecule has 0 N–H and O–H groups in total. The lowest BCUT2D eigenvalue weighted by atomic mass is 10.1. The van der Waals surface area contributed by atoms with E-state index in [1.807, 2.05) is 0 Å². The van der Waals surface area contributed by atoms with Crippen molar-refractivity contribution < 1.29 is 9.47 Å². The molecule has 0 spiro atoms. The molecule has 0 radical (unpaired) electrons. The summed E-state index contributed by atoms with van der Waals surface area (Å²) >= 11 is 1.66. The number of thiophene rings is 1. The molecular formula is C26H48O2S. The minimum Gasteiger partial charge on any atom is -0.489 e. The van der Waals surface area contributed by atoms with E-state index in [1.165, 1.54) is 103 Å². The first-order valence-corrected chi connectivity index (χ1v) is 13.6. The molecule has 0 saturated carbocycles. The first-order valence-electron chi connectivity index (χ1n) is 12.7. The Labute approximate surface area is 185 Å². The highest BCUT2D eigenvalue weighted by molar-refractivity contribution is 7.12. The van der Waals surface area contributed by atoms with Gasteiger partial charge in [-0.3, -0.25) is 0 Å². The van der Waals surface area contributed by atoms with E-state index >= 15 is 0 Å². The monoisotopic (exact) mass is 424 g/mol. The molecular weight excluding hydrogens is 376 g/mol. The van der Waals surface area contributed by atoms with Crippen LogP contribution in [0.1, 0.15) is 129 Å². The molecule has 0 aromatic carbocycles. The minimum atomic E-state index is 0.820. The van der Waals surface area contributed by atoms with Crippen LogP contribution in [0.25, 0.3) is 0 Å². The lowest BCUT2D eigenvalue weighted by Crippen LogP contribution is -2.00. The topological polar surface area (TPSA) is 18.5 Å². The summed E-state index contributed by atoms with van der Waals surface area (Å²) in [5.41, 5.74) is 0. The Hall–Kier alpha value is -0.700. The lowest BCUT2D eigenvalue weighted by molar-refractivity contribution is 0.265. The van der Waals surface area contributed by atoms with E-state index in [1.54, 1.807) is 11.3 Å². The van der Waals surface area contributed by atoms with Crippen molar-refractivity contribution in [3.63, 3.8) is 0 Å². The van der Waals surface area contributed by atoms with Crippen LogP contribution in [0.2, 0.25) is 0 Å². The first kappa shape index (κ1) is 26.3. The molecule has 0 saturated heterocycles. The van der Waals surface area contributed by atoms with Crippen molar-refractivity contribution in [3.05, 3.63) is 11.4 Å². The second kappa shape index (κ2) is 20.6. The maximum absolute atomic E-state index is 5.97. The van der Waals surface area contributed by atoms with E-state index in [2.05, 4.69) is 25.3 Å². The van der Waals surface area contributed by atoms with Crippen LogP contribution in [-0.4, -0.2) is 13.2 Å². The smallest absolute Gasteiger partial charge is 0.216 e. The van der Waals surface area contributed by atoms with E-state index in [4.69, 9.17) is 9.47 Å². The molecule has 0 bridgehead atoms. The highest BCUT2D eigenvalue weighted by Crippen LogP contribution is 2.34. The first-order chi connectivity index (χ1) is 14.4. The number of unbranched alkanes of at least 4 members (excludes halogenated alkanes) is 16. The van der Waals surface area contributed by atoms with Gasteiger partial charge in [-0.15, -0.1) is 11.3 Å². The van der Waals surface area contributed by atoms with Gasteiger partial charge in [0.2, 0.25) is 5.06 Å². The van der Waals surface area contributed by atoms with Gasteiger partial charge in [0.1, 0.15) is 0 Å². The molecule has 1 aromatic rings. The van der Waals surface area contributed by atoms with Gasteiger partial charge in [0, 0.05) is 0 Å². The van der Waals surface area contributed by atoms with Gasteiger partial charge in [-0.05, 0) is 24.3 Å². The van der Waals surface area contributed by atoms with Crippen molar-refractivity contribution in [2.75, 3.05) is 13.2 Å². The Morgan fingerprint density at radius 2 is 0.966 bits per heavy atom. The van der Waals surface area contributed by atoms with Gasteiger partial charge in [0.15, 0.2) is 5.75 Å². The zero-order chi connectivity index (χ0) is 20.8. The van der Waals surface area contributed by atoms with Crippen LogP contribution >= 0.6 is 11.3 Å². The average molecular weight is 425 g/mol. The molecule has 0 aliphatic carbocycles. The zero-order valence-corrected chi connectivity index (χ0v) is 20.3. The Morgan fingerprint density at radius 3 is 1.45 bits per heavy atom. The standard InChI is InChI=1S/C26H48O2S/c1-3-5-7-9-11-13-15-17-19-22-27-25-21-24-29-26(25)28-23-20-18-16-14-12-10-8-6-4-2/h21,24H,3-20,22-23H2,1-2H3. The molecule has 2 nitrogen and oxygen atoms in total. The van der Waals surface area contributed by atoms with E-state index < -0.39 is 0 Å². The highest BCUT2D eigenvalue weighted by atomic mass is 32.1. The molecule has 1 rings (SSSR count). The molecule has 0 amide bonds. The molecule has 170 valence electrons. The quantitative estimate of drug-likeness (QED) is 0.172. The van der Waals surface area contributed by atoms with Gasteiger partial charge in [-0.1, -0.05) is 117 Å². The van der Waals surface area contributed by atoms with Crippen molar-refractivity contribution >= 4 is 11.3 Å². The predicted octanol–water partition coefficient (Wildman–Crippen LogP) is 9.57. The molecule has 1 heterocycles. The summed E-state index contributed by atoms with van der Waals surface area (Å²) in [6.45, 7) is 6.20. The predicted molar refractivity (Wildman–Crippen MR) is 130 cm³/mol. The van der Waals surface area contributed by atoms with Crippen molar-refractivity contribution in [3.8, 4) is 10.8 Å². The highest BCUT2D eigenvalue weighted by Gasteiger charge is 2.06. The summed E-state index contributed by atoms with van der Waals surface area (Å²) in [7, 11) is 0. The van der Waals surface area contributed by atoms with Gasteiger partial charge in [-0.2, -0.15) is 0 Å². The third-order valence-electron chi connectivity index (χ3n) is 5.58. The van der Waals surface area contributed by atoms with E-state index in [0.29, 0.717) is 0 Å². The lowest BCUT2D eigenvalue weighted by Gasteiger charge is -2.09. The van der Waals surface area contributed by atoms with Crippen molar-refractivity contribution in [1.29, 1.82) is 0 Å². The molecule has 0 aliphatic rings. The molecule has 0 atom stereocenters. The average Bonchev–Trinajstić information content (AvgIpc) is 3.18. The number of hydrogen-bond acceptors (Lipinski definition) is 3. The number of hydrogen-bond donors (Lipinski definition) is 0. The van der Waals surface area contributed by atoms with Gasteiger partial charge in [0.05, 0.1) is 13.2 Å². The van der Waals surface area contributed by atoms with Crippen molar-refractivity contribution in [2.45, 2.75) is 129 Å². The Balaban J connectivity index is 1.93. The molecule has 0 unspecified atom stereocenters. The van der Waals surface area contributed by atoms with Crippen LogP contribution in [0.5, 0.6) is 10.8 Å². The summed E-state index contributed by atoms with van der Waals surface area (Å²) in [5, 5.41) is 3.05.